The summed E-state index contributed by atoms with van der Waals surface area (Å²) >= 11 is 0. The van der Waals surface area contributed by atoms with Gasteiger partial charge < -0.3 is 20.3 Å². The molecule has 2 aromatic rings. The average molecular weight is 358 g/mol. The number of ether oxygens (including phenoxy) is 2. The number of carboxylic acid groups (broad SMARTS) is 1. The van der Waals surface area contributed by atoms with Crippen LogP contribution in [-0.2, 0) is 0 Å². The minimum Gasteiger partial charge on any atom is -0.494 e. The molecule has 0 atom stereocenters. The van der Waals surface area contributed by atoms with Crippen LogP contribution in [0.25, 0.3) is 0 Å². The average Bonchev–Trinajstić information content (AvgIpc) is 2.65. The molecular weight excluding hydrogens is 332 g/mol. The highest BCUT2D eigenvalue weighted by Crippen LogP contribution is 2.17. The summed E-state index contributed by atoms with van der Waals surface area (Å²) in [5.41, 5.74) is 6.33. The first-order chi connectivity index (χ1) is 12.5. The predicted molar refractivity (Wildman–Crippen MR) is 102 cm³/mol. The summed E-state index contributed by atoms with van der Waals surface area (Å²) in [4.78, 5) is 10.5. The van der Waals surface area contributed by atoms with Gasteiger partial charge in [-0.2, -0.15) is 0 Å². The summed E-state index contributed by atoms with van der Waals surface area (Å²) in [6.07, 6.45) is 1.90. The van der Waals surface area contributed by atoms with Crippen LogP contribution in [0.5, 0.6) is 11.5 Å². The minimum absolute atomic E-state index is 0.0479. The highest BCUT2D eigenvalue weighted by molar-refractivity contribution is 5.97. The molecule has 6 heteroatoms. The maximum absolute atomic E-state index is 10.5. The van der Waals surface area contributed by atoms with Crippen molar-refractivity contribution in [3.05, 3.63) is 59.7 Å². The maximum Gasteiger partial charge on any atom is 0.335 e. The van der Waals surface area contributed by atoms with Crippen LogP contribution < -0.4 is 15.2 Å². The van der Waals surface area contributed by atoms with Gasteiger partial charge in [-0.1, -0.05) is 26.0 Å². The van der Waals surface area contributed by atoms with Gasteiger partial charge in [0, 0.05) is 0 Å². The fraction of sp³-hybridized carbons (Fsp3) is 0.300. The normalized spacial score (nSPS) is 9.62. The quantitative estimate of drug-likeness (QED) is 0.490. The number of nitrogens with one attached hydrogen (secondary N) is 1. The topological polar surface area (TPSA) is 106 Å². The zero-order valence-corrected chi connectivity index (χ0v) is 15.2. The number of aromatic carboxylic acids is 1. The first-order valence-electron chi connectivity index (χ1n) is 8.51. The van der Waals surface area contributed by atoms with E-state index in [0.717, 1.165) is 12.8 Å². The largest absolute Gasteiger partial charge is 0.494 e. The number of nitrogens with two attached hydrogens (primary N) is 1. The van der Waals surface area contributed by atoms with Crippen molar-refractivity contribution in [2.45, 2.75) is 26.7 Å². The summed E-state index contributed by atoms with van der Waals surface area (Å²) in [6, 6.07) is 13.7. The molecule has 0 saturated heterocycles. The Balaban J connectivity index is 0.000000260. The summed E-state index contributed by atoms with van der Waals surface area (Å²) < 4.78 is 10.7. The molecule has 2 rings (SSSR count). The molecule has 0 bridgehead atoms. The minimum atomic E-state index is -0.915. The standard InChI is InChI=1S/C10H14N2O.C10H12O3/c1-2-7-13-9-6-4-3-5-8(9)10(11)12;1-2-7-13-9-5-3-8(4-6-9)10(11)12/h3-6H,2,7H2,1H3,(H3,11,12);3-6H,2,7H2,1H3,(H,11,12). The Labute approximate surface area is 154 Å². The van der Waals surface area contributed by atoms with E-state index in [0.29, 0.717) is 30.3 Å². The number of rotatable bonds is 8. The molecule has 0 amide bonds. The molecule has 0 aliphatic rings. The molecule has 0 aromatic heterocycles. The highest BCUT2D eigenvalue weighted by Gasteiger charge is 2.04. The molecule has 0 heterocycles. The number of carboxylic acids is 1. The summed E-state index contributed by atoms with van der Waals surface area (Å²) in [5.74, 6) is 0.539. The number of carbonyl (C=O) groups is 1. The third-order valence-electron chi connectivity index (χ3n) is 3.21. The van der Waals surface area contributed by atoms with E-state index >= 15 is 0 Å². The van der Waals surface area contributed by atoms with Gasteiger partial charge >= 0.3 is 5.97 Å². The molecule has 0 saturated carbocycles. The fourth-order valence-electron chi connectivity index (χ4n) is 1.94. The van der Waals surface area contributed by atoms with Crippen LogP contribution in [0, 0.1) is 5.41 Å². The first kappa shape index (κ1) is 21.0. The van der Waals surface area contributed by atoms with Crippen molar-refractivity contribution in [3.63, 3.8) is 0 Å². The van der Waals surface area contributed by atoms with Gasteiger partial charge in [-0.3, -0.25) is 5.41 Å². The second-order valence-corrected chi connectivity index (χ2v) is 5.44. The highest BCUT2D eigenvalue weighted by atomic mass is 16.5. The van der Waals surface area contributed by atoms with E-state index in [2.05, 4.69) is 0 Å². The van der Waals surface area contributed by atoms with Crippen molar-refractivity contribution in [2.24, 2.45) is 5.73 Å². The number of nitrogen functional groups attached to an aromatic ring is 1. The third kappa shape index (κ3) is 7.25. The van der Waals surface area contributed by atoms with Crippen molar-refractivity contribution in [1.29, 1.82) is 5.41 Å². The van der Waals surface area contributed by atoms with Crippen molar-refractivity contribution in [2.75, 3.05) is 13.2 Å². The fourth-order valence-corrected chi connectivity index (χ4v) is 1.94. The number of para-hydroxylation sites is 1. The Morgan fingerprint density at radius 1 is 1.00 bits per heavy atom. The monoisotopic (exact) mass is 358 g/mol. The molecule has 26 heavy (non-hydrogen) atoms. The number of hydrogen-bond acceptors (Lipinski definition) is 4. The van der Waals surface area contributed by atoms with Crippen LogP contribution in [0.2, 0.25) is 0 Å². The Kier molecular flexibility index (Phi) is 9.31. The molecule has 4 N–H and O–H groups in total. The van der Waals surface area contributed by atoms with Crippen LogP contribution in [0.4, 0.5) is 0 Å². The second kappa shape index (κ2) is 11.5. The lowest BCUT2D eigenvalue weighted by Gasteiger charge is -2.08. The lowest BCUT2D eigenvalue weighted by molar-refractivity contribution is 0.0697. The molecule has 0 unspecified atom stereocenters. The van der Waals surface area contributed by atoms with Gasteiger partial charge in [-0.05, 0) is 49.2 Å². The predicted octanol–water partition coefficient (Wildman–Crippen LogP) is 3.93. The Hall–Kier alpha value is -3.02. The van der Waals surface area contributed by atoms with Gasteiger partial charge in [0.25, 0.3) is 0 Å². The van der Waals surface area contributed by atoms with E-state index in [1.165, 1.54) is 12.1 Å². The smallest absolute Gasteiger partial charge is 0.335 e. The van der Waals surface area contributed by atoms with E-state index in [-0.39, 0.29) is 11.4 Å². The van der Waals surface area contributed by atoms with Gasteiger partial charge in [-0.25, -0.2) is 4.79 Å². The molecule has 0 aliphatic carbocycles. The van der Waals surface area contributed by atoms with Crippen LogP contribution in [0.1, 0.15) is 42.6 Å². The Bertz CT molecular complexity index is 699. The van der Waals surface area contributed by atoms with Gasteiger partial charge in [-0.15, -0.1) is 0 Å². The van der Waals surface area contributed by atoms with E-state index in [9.17, 15) is 4.79 Å². The Morgan fingerprint density at radius 3 is 2.12 bits per heavy atom. The molecule has 0 radical (unpaired) electrons. The number of hydrogen-bond donors (Lipinski definition) is 3. The summed E-state index contributed by atoms with van der Waals surface area (Å²) in [5, 5.41) is 15.9. The van der Waals surface area contributed by atoms with Crippen molar-refractivity contribution < 1.29 is 19.4 Å². The molecule has 6 nitrogen and oxygen atoms in total. The van der Waals surface area contributed by atoms with E-state index < -0.39 is 5.97 Å². The number of benzene rings is 2. The van der Waals surface area contributed by atoms with Crippen LogP contribution >= 0.6 is 0 Å². The molecule has 140 valence electrons. The van der Waals surface area contributed by atoms with Gasteiger partial charge in [0.2, 0.25) is 0 Å². The summed E-state index contributed by atoms with van der Waals surface area (Å²) in [6.45, 7) is 5.37. The third-order valence-corrected chi connectivity index (χ3v) is 3.21. The van der Waals surface area contributed by atoms with Gasteiger partial charge in [0.1, 0.15) is 17.3 Å². The van der Waals surface area contributed by atoms with Gasteiger partial charge in [0.15, 0.2) is 0 Å². The molecule has 0 fully saturated rings. The molecule has 0 spiro atoms. The van der Waals surface area contributed by atoms with E-state index in [1.807, 2.05) is 32.0 Å². The Morgan fingerprint density at radius 2 is 1.58 bits per heavy atom. The molecule has 2 aromatic carbocycles. The van der Waals surface area contributed by atoms with Crippen LogP contribution in [0.15, 0.2) is 48.5 Å². The zero-order valence-electron chi connectivity index (χ0n) is 15.2. The van der Waals surface area contributed by atoms with E-state index in [1.54, 1.807) is 18.2 Å². The lowest BCUT2D eigenvalue weighted by atomic mass is 10.2. The van der Waals surface area contributed by atoms with Crippen molar-refractivity contribution in [1.82, 2.24) is 0 Å². The van der Waals surface area contributed by atoms with Gasteiger partial charge in [0.05, 0.1) is 24.3 Å². The second-order valence-electron chi connectivity index (χ2n) is 5.44. The maximum atomic E-state index is 10.5. The SMILES string of the molecule is CCCOc1ccc(C(=O)O)cc1.CCCOc1ccccc1C(=N)N. The van der Waals surface area contributed by atoms with Crippen molar-refractivity contribution in [3.8, 4) is 11.5 Å². The molecule has 0 aliphatic heterocycles. The van der Waals surface area contributed by atoms with E-state index in [4.69, 9.17) is 25.7 Å². The molecular formula is C20H26N2O4. The lowest BCUT2D eigenvalue weighted by Crippen LogP contribution is -2.13. The zero-order chi connectivity index (χ0) is 19.4. The van der Waals surface area contributed by atoms with Crippen LogP contribution in [-0.4, -0.2) is 30.1 Å². The summed E-state index contributed by atoms with van der Waals surface area (Å²) in [7, 11) is 0. The van der Waals surface area contributed by atoms with Crippen molar-refractivity contribution >= 4 is 11.8 Å². The first-order valence-corrected chi connectivity index (χ1v) is 8.51. The number of amidine groups is 1. The van der Waals surface area contributed by atoms with Crippen LogP contribution in [0.3, 0.4) is 0 Å².